The number of phosphoric ester groups is 2. The van der Waals surface area contributed by atoms with E-state index in [-0.39, 0.29) is 25.7 Å². The van der Waals surface area contributed by atoms with Crippen LogP contribution in [0.4, 0.5) is 0 Å². The van der Waals surface area contributed by atoms with Gasteiger partial charge in [0.1, 0.15) is 19.3 Å². The van der Waals surface area contributed by atoms with Gasteiger partial charge in [-0.15, -0.1) is 0 Å². The number of ether oxygens (including phenoxy) is 4. The summed E-state index contributed by atoms with van der Waals surface area (Å²) < 4.78 is 68.5. The molecule has 0 saturated carbocycles. The standard InChI is InChI=1S/C83H144O17P2/c1-5-9-13-17-21-25-29-33-36-38-41-44-48-52-56-60-64-68-81(86)94-74-79(100-83(88)70-66-62-58-54-50-46-42-39-37-34-30-26-22-18-14-10-6-2)76-98-102(91,92)96-72-77(84)71-95-101(89,90)97-75-78(73-93-80(85)67-63-59-55-51-47-43-32-28-24-20-16-12-8-4)99-82(87)69-65-61-57-53-49-45-40-35-31-27-23-19-15-11-7-3/h21-22,25-26,33-37,40-42,44,46,52,54,56,58,77-79,84H,5-20,23-24,27-32,38-39,43,45,47-51,53,55,57,59-76H2,1-4H3,(H,89,90)(H,91,92)/b25-21-,26-22-,36-33-,37-34-,40-35-,44-41-,46-42-,56-52-,58-54-/t77-,78+,79+/m0/s1. The highest BCUT2D eigenvalue weighted by Gasteiger charge is 2.30. The van der Waals surface area contributed by atoms with Crippen molar-refractivity contribution in [1.82, 2.24) is 0 Å². The molecule has 0 bridgehead atoms. The van der Waals surface area contributed by atoms with Crippen LogP contribution in [-0.2, 0) is 65.4 Å². The van der Waals surface area contributed by atoms with Gasteiger partial charge in [0.2, 0.25) is 0 Å². The Morgan fingerprint density at radius 1 is 0.275 bits per heavy atom. The number of allylic oxidation sites excluding steroid dienone is 18. The van der Waals surface area contributed by atoms with Gasteiger partial charge < -0.3 is 33.8 Å². The number of carbonyl (C=O) groups is 4. The maximum atomic E-state index is 13.1. The van der Waals surface area contributed by atoms with E-state index in [1.165, 1.54) is 135 Å². The molecule has 0 rings (SSSR count). The molecule has 0 aliphatic heterocycles. The van der Waals surface area contributed by atoms with E-state index in [9.17, 15) is 43.2 Å². The van der Waals surface area contributed by atoms with Gasteiger partial charge in [-0.3, -0.25) is 37.3 Å². The molecule has 0 aliphatic carbocycles. The summed E-state index contributed by atoms with van der Waals surface area (Å²) in [4.78, 5) is 72.9. The molecule has 19 heteroatoms. The number of esters is 4. The van der Waals surface area contributed by atoms with E-state index >= 15 is 0 Å². The van der Waals surface area contributed by atoms with Crippen molar-refractivity contribution in [1.29, 1.82) is 0 Å². The normalized spacial score (nSPS) is 14.5. The molecule has 0 amide bonds. The minimum atomic E-state index is -5.00. The summed E-state index contributed by atoms with van der Waals surface area (Å²) in [6, 6.07) is 0. The topological polar surface area (TPSA) is 237 Å². The van der Waals surface area contributed by atoms with Crippen molar-refractivity contribution in [2.45, 2.75) is 354 Å². The summed E-state index contributed by atoms with van der Waals surface area (Å²) in [6.07, 6.45) is 80.8. The summed E-state index contributed by atoms with van der Waals surface area (Å²) in [5.41, 5.74) is 0. The van der Waals surface area contributed by atoms with E-state index in [0.29, 0.717) is 38.5 Å². The Balaban J connectivity index is 5.46. The number of hydrogen-bond donors (Lipinski definition) is 3. The minimum absolute atomic E-state index is 0.00637. The van der Waals surface area contributed by atoms with Gasteiger partial charge in [-0.25, -0.2) is 9.13 Å². The molecule has 102 heavy (non-hydrogen) atoms. The molecule has 0 fully saturated rings. The molecular weight excluding hydrogens is 1330 g/mol. The first kappa shape index (κ1) is 97.7. The summed E-state index contributed by atoms with van der Waals surface area (Å²) >= 11 is 0. The zero-order valence-corrected chi connectivity index (χ0v) is 66.0. The maximum Gasteiger partial charge on any atom is 0.472 e. The average Bonchev–Trinajstić information content (AvgIpc) is 0.943. The fraction of sp³-hybridized carbons (Fsp3) is 0.735. The molecule has 0 aromatic carbocycles. The van der Waals surface area contributed by atoms with Crippen molar-refractivity contribution in [3.63, 3.8) is 0 Å². The Bertz CT molecular complexity index is 2360. The highest BCUT2D eigenvalue weighted by molar-refractivity contribution is 7.47. The third-order valence-corrected chi connectivity index (χ3v) is 18.6. The van der Waals surface area contributed by atoms with Crippen LogP contribution in [0.1, 0.15) is 336 Å². The average molecular weight is 1480 g/mol. The van der Waals surface area contributed by atoms with Crippen molar-refractivity contribution in [3.8, 4) is 0 Å². The van der Waals surface area contributed by atoms with Crippen LogP contribution in [0.15, 0.2) is 109 Å². The smallest absolute Gasteiger partial charge is 0.462 e. The quantitative estimate of drug-likeness (QED) is 0.0169. The van der Waals surface area contributed by atoms with Gasteiger partial charge in [-0.1, -0.05) is 291 Å². The van der Waals surface area contributed by atoms with E-state index in [1.807, 2.05) is 24.3 Å². The Hall–Kier alpha value is -4.28. The fourth-order valence-electron chi connectivity index (χ4n) is 10.6. The second-order valence-corrected chi connectivity index (χ2v) is 29.6. The fourth-order valence-corrected chi connectivity index (χ4v) is 12.1. The minimum Gasteiger partial charge on any atom is -0.462 e. The van der Waals surface area contributed by atoms with Crippen molar-refractivity contribution < 1.29 is 80.2 Å². The number of aliphatic hydroxyl groups is 1. The molecule has 0 radical (unpaired) electrons. The predicted molar refractivity (Wildman–Crippen MR) is 418 cm³/mol. The first-order chi connectivity index (χ1) is 49.7. The van der Waals surface area contributed by atoms with E-state index in [0.717, 1.165) is 109 Å². The van der Waals surface area contributed by atoms with Gasteiger partial charge in [-0.05, 0) is 128 Å². The van der Waals surface area contributed by atoms with E-state index in [2.05, 4.69) is 113 Å². The Labute approximate surface area is 619 Å². The molecule has 0 heterocycles. The van der Waals surface area contributed by atoms with Gasteiger partial charge in [-0.2, -0.15) is 0 Å². The number of unbranched alkanes of at least 4 members (excludes halogenated alkanes) is 31. The van der Waals surface area contributed by atoms with Crippen LogP contribution < -0.4 is 0 Å². The highest BCUT2D eigenvalue weighted by atomic mass is 31.2. The summed E-state index contributed by atoms with van der Waals surface area (Å²) in [6.45, 7) is 4.71. The number of phosphoric acid groups is 2. The molecule has 0 saturated heterocycles. The zero-order valence-electron chi connectivity index (χ0n) is 64.3. The second kappa shape index (κ2) is 75.0. The molecular formula is C83H144O17P2. The highest BCUT2D eigenvalue weighted by Crippen LogP contribution is 2.45. The Morgan fingerprint density at radius 3 is 0.814 bits per heavy atom. The van der Waals surface area contributed by atoms with Gasteiger partial charge in [0, 0.05) is 25.7 Å². The van der Waals surface area contributed by atoms with E-state index < -0.39 is 97.5 Å². The third-order valence-electron chi connectivity index (χ3n) is 16.7. The van der Waals surface area contributed by atoms with Gasteiger partial charge in [0.15, 0.2) is 12.2 Å². The van der Waals surface area contributed by atoms with Gasteiger partial charge in [0.25, 0.3) is 0 Å². The van der Waals surface area contributed by atoms with Crippen molar-refractivity contribution >= 4 is 39.5 Å². The largest absolute Gasteiger partial charge is 0.472 e. The molecule has 0 aliphatic rings. The lowest BCUT2D eigenvalue weighted by Crippen LogP contribution is -2.30. The Morgan fingerprint density at radius 2 is 0.490 bits per heavy atom. The van der Waals surface area contributed by atoms with E-state index in [1.54, 1.807) is 0 Å². The van der Waals surface area contributed by atoms with Crippen LogP contribution in [0.3, 0.4) is 0 Å². The van der Waals surface area contributed by atoms with Crippen LogP contribution in [0, 0.1) is 0 Å². The molecule has 0 aromatic rings. The second-order valence-electron chi connectivity index (χ2n) is 26.7. The maximum absolute atomic E-state index is 13.1. The molecule has 5 atom stereocenters. The van der Waals surface area contributed by atoms with Gasteiger partial charge in [0.05, 0.1) is 26.4 Å². The molecule has 17 nitrogen and oxygen atoms in total. The number of carbonyl (C=O) groups excluding carboxylic acids is 4. The molecule has 0 aromatic heterocycles. The van der Waals surface area contributed by atoms with Crippen LogP contribution >= 0.6 is 15.6 Å². The van der Waals surface area contributed by atoms with Crippen molar-refractivity contribution in [3.05, 3.63) is 109 Å². The number of aliphatic hydroxyl groups excluding tert-OH is 1. The van der Waals surface area contributed by atoms with E-state index in [4.69, 9.17) is 37.0 Å². The first-order valence-electron chi connectivity index (χ1n) is 40.1. The molecule has 2 unspecified atom stereocenters. The van der Waals surface area contributed by atoms with Gasteiger partial charge >= 0.3 is 39.5 Å². The first-order valence-corrected chi connectivity index (χ1v) is 43.1. The summed E-state index contributed by atoms with van der Waals surface area (Å²) in [7, 11) is -9.99. The Kier molecular flexibility index (Phi) is 71.8. The van der Waals surface area contributed by atoms with Crippen molar-refractivity contribution in [2.75, 3.05) is 39.6 Å². The lowest BCUT2D eigenvalue weighted by atomic mass is 10.0. The van der Waals surface area contributed by atoms with Crippen LogP contribution in [0.5, 0.6) is 0 Å². The van der Waals surface area contributed by atoms with Crippen LogP contribution in [-0.4, -0.2) is 96.7 Å². The van der Waals surface area contributed by atoms with Crippen LogP contribution in [0.25, 0.3) is 0 Å². The monoisotopic (exact) mass is 1470 g/mol. The summed E-state index contributed by atoms with van der Waals surface area (Å²) in [5.74, 6) is -2.30. The van der Waals surface area contributed by atoms with Crippen LogP contribution in [0.2, 0.25) is 0 Å². The molecule has 588 valence electrons. The molecule has 3 N–H and O–H groups in total. The van der Waals surface area contributed by atoms with Crippen molar-refractivity contribution in [2.24, 2.45) is 0 Å². The number of hydrogen-bond acceptors (Lipinski definition) is 15. The summed E-state index contributed by atoms with van der Waals surface area (Å²) in [5, 5.41) is 10.6. The number of rotatable bonds is 75. The SMILES string of the molecule is CCCCC/C=C\C/C=C\C/C=C\C/C=C\CCCC(=O)OC[C@H](COP(=O)(O)OC[C@@H](O)COP(=O)(O)OC[C@@H](COC(=O)CCCCCCCCCCCCCCC)OC(=O)CCCCCCC/C=C\CCCCCCCC)OC(=O)CCC/C=C\C/C=C\C/C=C\C/C=C\CCCCC. The third kappa shape index (κ3) is 74.0. The lowest BCUT2D eigenvalue weighted by molar-refractivity contribution is -0.161. The lowest BCUT2D eigenvalue weighted by Gasteiger charge is -2.21. The predicted octanol–water partition coefficient (Wildman–Crippen LogP) is 23.3. The zero-order chi connectivity index (χ0) is 74.6. The molecule has 0 spiro atoms.